The first-order chi connectivity index (χ1) is 11.8. The molecule has 2 aromatic heterocycles. The van der Waals surface area contributed by atoms with Crippen LogP contribution in [0.5, 0.6) is 0 Å². The minimum Gasteiger partial charge on any atom is -0.464 e. The van der Waals surface area contributed by atoms with Crippen molar-refractivity contribution >= 4 is 22.3 Å². The van der Waals surface area contributed by atoms with E-state index in [2.05, 4.69) is 34.3 Å². The quantitative estimate of drug-likeness (QED) is 0.740. The number of nitrogens with one attached hydrogen (secondary N) is 1. The Hall–Kier alpha value is -1.69. The van der Waals surface area contributed by atoms with Crippen molar-refractivity contribution in [1.82, 2.24) is 15.2 Å². The second-order valence-corrected chi connectivity index (χ2v) is 7.59. The highest BCUT2D eigenvalue weighted by Gasteiger charge is 2.20. The van der Waals surface area contributed by atoms with Crippen molar-refractivity contribution in [2.75, 3.05) is 19.6 Å². The maximum Gasteiger partial charge on any atom is 0.134 e. The van der Waals surface area contributed by atoms with Crippen LogP contribution in [-0.2, 0) is 13.1 Å². The second kappa shape index (κ2) is 7.05. The van der Waals surface area contributed by atoms with E-state index in [1.807, 2.05) is 23.9 Å². The van der Waals surface area contributed by atoms with Crippen LogP contribution < -0.4 is 5.32 Å². The van der Waals surface area contributed by atoms with Gasteiger partial charge in [0.25, 0.3) is 0 Å². The van der Waals surface area contributed by atoms with Crippen molar-refractivity contribution in [2.45, 2.75) is 26.4 Å². The second-order valence-electron chi connectivity index (χ2n) is 6.65. The summed E-state index contributed by atoms with van der Waals surface area (Å²) in [6.07, 6.45) is 3.19. The van der Waals surface area contributed by atoms with Gasteiger partial charge in [0.15, 0.2) is 0 Å². The molecule has 0 bridgehead atoms. The van der Waals surface area contributed by atoms with Gasteiger partial charge in [-0.15, -0.1) is 11.3 Å². The lowest BCUT2D eigenvalue weighted by atomic mass is 10.1. The summed E-state index contributed by atoms with van der Waals surface area (Å²) >= 11 is 1.76. The molecule has 0 spiro atoms. The van der Waals surface area contributed by atoms with Crippen LogP contribution >= 0.6 is 11.3 Å². The molecule has 0 saturated carbocycles. The lowest BCUT2D eigenvalue weighted by Crippen LogP contribution is -2.29. The Labute approximate surface area is 146 Å². The van der Waals surface area contributed by atoms with Crippen molar-refractivity contribution in [3.05, 3.63) is 52.2 Å². The van der Waals surface area contributed by atoms with E-state index in [9.17, 15) is 0 Å². The summed E-state index contributed by atoms with van der Waals surface area (Å²) in [5, 5.41) is 4.71. The van der Waals surface area contributed by atoms with Crippen LogP contribution in [0.1, 0.15) is 22.6 Å². The maximum atomic E-state index is 5.73. The smallest absolute Gasteiger partial charge is 0.134 e. The molecular formula is C19H23N3OS. The molecule has 1 N–H and O–H groups in total. The molecule has 1 fully saturated rings. The SMILES string of the molecule is Cc1ncsc1CN(Cc1coc2ccccc12)C[C@H]1CCNC1. The van der Waals surface area contributed by atoms with Gasteiger partial charge in [0.05, 0.1) is 17.5 Å². The van der Waals surface area contributed by atoms with Crippen LogP contribution in [0, 0.1) is 12.8 Å². The molecule has 5 heteroatoms. The number of fused-ring (bicyclic) bond motifs is 1. The van der Waals surface area contributed by atoms with Gasteiger partial charge in [-0.3, -0.25) is 4.90 Å². The van der Waals surface area contributed by atoms with E-state index in [0.717, 1.165) is 49.9 Å². The van der Waals surface area contributed by atoms with E-state index in [0.29, 0.717) is 0 Å². The Bertz CT molecular complexity index is 804. The first-order valence-corrected chi connectivity index (χ1v) is 9.44. The topological polar surface area (TPSA) is 41.3 Å². The average Bonchev–Trinajstić information content (AvgIpc) is 3.32. The summed E-state index contributed by atoms with van der Waals surface area (Å²) in [5.74, 6) is 0.733. The van der Waals surface area contributed by atoms with E-state index < -0.39 is 0 Å². The van der Waals surface area contributed by atoms with E-state index in [4.69, 9.17) is 4.42 Å². The summed E-state index contributed by atoms with van der Waals surface area (Å²) in [5.41, 5.74) is 5.36. The standard InChI is InChI=1S/C19H23N3OS/c1-14-19(24-13-21-14)11-22(9-15-6-7-20-8-15)10-16-12-23-18-5-3-2-4-17(16)18/h2-5,12-13,15,20H,6-11H2,1H3/t15-/m0/s1. The number of thiazole rings is 1. The number of aromatic nitrogens is 1. The van der Waals surface area contributed by atoms with Gasteiger partial charge < -0.3 is 9.73 Å². The lowest BCUT2D eigenvalue weighted by molar-refractivity contribution is 0.222. The zero-order valence-corrected chi connectivity index (χ0v) is 14.8. The van der Waals surface area contributed by atoms with Gasteiger partial charge in [-0.05, 0) is 38.4 Å². The normalized spacial score (nSPS) is 18.0. The number of rotatable bonds is 6. The molecule has 1 aromatic carbocycles. The van der Waals surface area contributed by atoms with Gasteiger partial charge in [-0.2, -0.15) is 0 Å². The predicted molar refractivity (Wildman–Crippen MR) is 98.2 cm³/mol. The summed E-state index contributed by atoms with van der Waals surface area (Å²) in [6.45, 7) is 7.38. The minimum atomic E-state index is 0.733. The fourth-order valence-electron chi connectivity index (χ4n) is 3.50. The van der Waals surface area contributed by atoms with E-state index in [1.165, 1.54) is 22.2 Å². The van der Waals surface area contributed by atoms with Crippen LogP contribution in [0.15, 0.2) is 40.5 Å². The average molecular weight is 341 g/mol. The number of hydrogen-bond acceptors (Lipinski definition) is 5. The van der Waals surface area contributed by atoms with E-state index in [1.54, 1.807) is 11.3 Å². The Morgan fingerprint density at radius 2 is 2.25 bits per heavy atom. The predicted octanol–water partition coefficient (Wildman–Crippen LogP) is 3.81. The fourth-order valence-corrected chi connectivity index (χ4v) is 4.32. The number of nitrogens with zero attached hydrogens (tertiary/aromatic N) is 2. The third kappa shape index (κ3) is 3.38. The molecule has 4 rings (SSSR count). The summed E-state index contributed by atoms with van der Waals surface area (Å²) in [6, 6.07) is 8.30. The summed E-state index contributed by atoms with van der Waals surface area (Å²) < 4.78 is 5.73. The molecule has 4 nitrogen and oxygen atoms in total. The number of hydrogen-bond donors (Lipinski definition) is 1. The minimum absolute atomic E-state index is 0.733. The van der Waals surface area contributed by atoms with Gasteiger partial charge in [0, 0.05) is 35.5 Å². The van der Waals surface area contributed by atoms with Crippen LogP contribution in [0.2, 0.25) is 0 Å². The first kappa shape index (κ1) is 15.8. The Kier molecular flexibility index (Phi) is 4.65. The summed E-state index contributed by atoms with van der Waals surface area (Å²) in [7, 11) is 0. The molecule has 24 heavy (non-hydrogen) atoms. The zero-order chi connectivity index (χ0) is 16.4. The van der Waals surface area contributed by atoms with Crippen molar-refractivity contribution in [3.8, 4) is 0 Å². The van der Waals surface area contributed by atoms with Crippen molar-refractivity contribution in [2.24, 2.45) is 5.92 Å². The van der Waals surface area contributed by atoms with Crippen LogP contribution in [0.4, 0.5) is 0 Å². The van der Waals surface area contributed by atoms with Crippen molar-refractivity contribution in [1.29, 1.82) is 0 Å². The van der Waals surface area contributed by atoms with E-state index >= 15 is 0 Å². The van der Waals surface area contributed by atoms with Crippen LogP contribution in [-0.4, -0.2) is 29.5 Å². The molecule has 3 heterocycles. The highest BCUT2D eigenvalue weighted by molar-refractivity contribution is 7.09. The van der Waals surface area contributed by atoms with Crippen molar-refractivity contribution < 1.29 is 4.42 Å². The number of benzene rings is 1. The number of furan rings is 1. The zero-order valence-electron chi connectivity index (χ0n) is 14.0. The Morgan fingerprint density at radius 3 is 3.04 bits per heavy atom. The van der Waals surface area contributed by atoms with Gasteiger partial charge in [-0.25, -0.2) is 4.98 Å². The molecule has 126 valence electrons. The van der Waals surface area contributed by atoms with E-state index in [-0.39, 0.29) is 0 Å². The fraction of sp³-hybridized carbons (Fsp3) is 0.421. The van der Waals surface area contributed by atoms with Gasteiger partial charge in [-0.1, -0.05) is 18.2 Å². The molecule has 1 saturated heterocycles. The molecule has 3 aromatic rings. The summed E-state index contributed by atoms with van der Waals surface area (Å²) in [4.78, 5) is 8.33. The molecule has 0 radical (unpaired) electrons. The highest BCUT2D eigenvalue weighted by Crippen LogP contribution is 2.25. The highest BCUT2D eigenvalue weighted by atomic mass is 32.1. The lowest BCUT2D eigenvalue weighted by Gasteiger charge is -2.24. The van der Waals surface area contributed by atoms with Crippen molar-refractivity contribution in [3.63, 3.8) is 0 Å². The molecule has 1 aliphatic rings. The molecule has 1 atom stereocenters. The molecule has 0 amide bonds. The Morgan fingerprint density at radius 1 is 1.33 bits per heavy atom. The number of para-hydroxylation sites is 1. The molecule has 1 aliphatic heterocycles. The third-order valence-electron chi connectivity index (χ3n) is 4.85. The van der Waals surface area contributed by atoms with Gasteiger partial charge in [0.2, 0.25) is 0 Å². The Balaban J connectivity index is 1.55. The van der Waals surface area contributed by atoms with Gasteiger partial charge in [0.1, 0.15) is 5.58 Å². The number of aryl methyl sites for hydroxylation is 1. The molecule has 0 unspecified atom stereocenters. The van der Waals surface area contributed by atoms with Crippen LogP contribution in [0.3, 0.4) is 0 Å². The van der Waals surface area contributed by atoms with Gasteiger partial charge >= 0.3 is 0 Å². The first-order valence-electron chi connectivity index (χ1n) is 8.57. The molecular weight excluding hydrogens is 318 g/mol. The molecule has 0 aliphatic carbocycles. The monoisotopic (exact) mass is 341 g/mol. The maximum absolute atomic E-state index is 5.73. The van der Waals surface area contributed by atoms with Crippen LogP contribution in [0.25, 0.3) is 11.0 Å². The largest absolute Gasteiger partial charge is 0.464 e. The third-order valence-corrected chi connectivity index (χ3v) is 5.77.